The highest BCUT2D eigenvalue weighted by molar-refractivity contribution is 9.11. The van der Waals surface area contributed by atoms with Crippen molar-refractivity contribution in [3.05, 3.63) is 26.1 Å². The predicted octanol–water partition coefficient (Wildman–Crippen LogP) is 3.42. The molecular weight excluding hydrogens is 466 g/mol. The maximum Gasteiger partial charge on any atom is 0.340 e. The molecule has 1 aromatic carbocycles. The molecule has 0 amide bonds. The van der Waals surface area contributed by atoms with E-state index in [-0.39, 0.29) is 11.9 Å². The lowest BCUT2D eigenvalue weighted by molar-refractivity contribution is 0.0598. The van der Waals surface area contributed by atoms with Crippen molar-refractivity contribution in [1.29, 1.82) is 0 Å². The van der Waals surface area contributed by atoms with Crippen LogP contribution in [0, 0.1) is 6.92 Å². The Balaban J connectivity index is 2.24. The number of hydrogen-bond donors (Lipinski definition) is 2. The summed E-state index contributed by atoms with van der Waals surface area (Å²) in [5.74, 6) is 0.0271. The summed E-state index contributed by atoms with van der Waals surface area (Å²) in [4.78, 5) is 23.1. The molecule has 0 bridgehead atoms. The van der Waals surface area contributed by atoms with Gasteiger partial charge in [0.1, 0.15) is 5.66 Å². The van der Waals surface area contributed by atoms with E-state index in [1.165, 1.54) is 7.11 Å². The number of carbonyl (C=O) groups excluding carboxylic acids is 1. The SMILES string of the molecule is COC(=O)c1c(Br)cc(C)c(N2C(N)=NC(N)=NC23CCCCC3)c1Br. The third-order valence-electron chi connectivity index (χ3n) is 4.85. The quantitative estimate of drug-likeness (QED) is 0.623. The van der Waals surface area contributed by atoms with Gasteiger partial charge in [0.15, 0.2) is 0 Å². The van der Waals surface area contributed by atoms with Crippen molar-refractivity contribution >= 4 is 55.4 Å². The summed E-state index contributed by atoms with van der Waals surface area (Å²) in [7, 11) is 1.35. The van der Waals surface area contributed by atoms with Gasteiger partial charge in [-0.1, -0.05) is 6.42 Å². The van der Waals surface area contributed by atoms with Gasteiger partial charge >= 0.3 is 5.97 Å². The molecule has 1 aliphatic carbocycles. The maximum atomic E-state index is 12.3. The molecule has 0 saturated heterocycles. The minimum absolute atomic E-state index is 0.194. The zero-order valence-electron chi connectivity index (χ0n) is 14.7. The minimum Gasteiger partial charge on any atom is -0.465 e. The molecule has 7 nitrogen and oxygen atoms in total. The van der Waals surface area contributed by atoms with Crippen LogP contribution in [-0.2, 0) is 4.74 Å². The lowest BCUT2D eigenvalue weighted by Gasteiger charge is -2.46. The molecule has 0 radical (unpaired) electrons. The van der Waals surface area contributed by atoms with Crippen LogP contribution in [0.4, 0.5) is 5.69 Å². The number of carbonyl (C=O) groups is 1. The third kappa shape index (κ3) is 3.11. The maximum absolute atomic E-state index is 12.3. The van der Waals surface area contributed by atoms with Crippen LogP contribution in [0.25, 0.3) is 0 Å². The van der Waals surface area contributed by atoms with Crippen molar-refractivity contribution in [2.45, 2.75) is 44.7 Å². The van der Waals surface area contributed by atoms with Crippen LogP contribution in [0.5, 0.6) is 0 Å². The second kappa shape index (κ2) is 7.19. The highest BCUT2D eigenvalue weighted by Crippen LogP contribution is 2.45. The van der Waals surface area contributed by atoms with Crippen LogP contribution < -0.4 is 16.4 Å². The van der Waals surface area contributed by atoms with E-state index >= 15 is 0 Å². The minimum atomic E-state index is -0.581. The van der Waals surface area contributed by atoms with E-state index in [4.69, 9.17) is 16.2 Å². The average Bonchev–Trinajstić information content (AvgIpc) is 2.57. The number of nitrogens with two attached hydrogens (primary N) is 2. The zero-order chi connectivity index (χ0) is 19.1. The number of esters is 1. The van der Waals surface area contributed by atoms with E-state index in [0.717, 1.165) is 43.4 Å². The van der Waals surface area contributed by atoms with Gasteiger partial charge in [-0.15, -0.1) is 0 Å². The molecule has 9 heteroatoms. The van der Waals surface area contributed by atoms with Crippen LogP contribution in [0.2, 0.25) is 0 Å². The van der Waals surface area contributed by atoms with Gasteiger partial charge in [-0.2, -0.15) is 4.99 Å². The number of aliphatic imine (C=N–C) groups is 2. The molecule has 1 fully saturated rings. The molecule has 26 heavy (non-hydrogen) atoms. The fourth-order valence-electron chi connectivity index (χ4n) is 3.74. The number of ether oxygens (including phenoxy) is 1. The number of benzene rings is 1. The number of guanidine groups is 2. The molecule has 1 saturated carbocycles. The highest BCUT2D eigenvalue weighted by Gasteiger charge is 2.44. The van der Waals surface area contributed by atoms with Crippen molar-refractivity contribution in [3.63, 3.8) is 0 Å². The summed E-state index contributed by atoms with van der Waals surface area (Å²) < 4.78 is 6.17. The van der Waals surface area contributed by atoms with Gasteiger partial charge in [0, 0.05) is 4.47 Å². The molecule has 0 aromatic heterocycles. The predicted molar refractivity (Wildman–Crippen MR) is 109 cm³/mol. The second-order valence-electron chi connectivity index (χ2n) is 6.52. The van der Waals surface area contributed by atoms with Crippen LogP contribution in [-0.4, -0.2) is 30.7 Å². The van der Waals surface area contributed by atoms with Gasteiger partial charge in [-0.05, 0) is 76.1 Å². The molecule has 1 aromatic rings. The number of nitrogens with zero attached hydrogens (tertiary/aromatic N) is 3. The number of methoxy groups -OCH3 is 1. The number of hydrogen-bond acceptors (Lipinski definition) is 7. The van der Waals surface area contributed by atoms with Crippen molar-refractivity contribution in [1.82, 2.24) is 0 Å². The Morgan fingerprint density at radius 2 is 1.92 bits per heavy atom. The third-order valence-corrected chi connectivity index (χ3v) is 6.24. The molecule has 4 N–H and O–H groups in total. The van der Waals surface area contributed by atoms with E-state index in [1.54, 1.807) is 0 Å². The Labute approximate surface area is 169 Å². The highest BCUT2D eigenvalue weighted by atomic mass is 79.9. The zero-order valence-corrected chi connectivity index (χ0v) is 17.9. The normalized spacial score (nSPS) is 19.2. The molecule has 2 aliphatic rings. The first kappa shape index (κ1) is 19.2. The van der Waals surface area contributed by atoms with Crippen molar-refractivity contribution in [3.8, 4) is 0 Å². The molecule has 3 rings (SSSR count). The average molecular weight is 487 g/mol. The first-order chi connectivity index (χ1) is 12.3. The lowest BCUT2D eigenvalue weighted by Crippen LogP contribution is -2.58. The molecule has 1 aliphatic heterocycles. The first-order valence-electron chi connectivity index (χ1n) is 8.37. The topological polar surface area (TPSA) is 106 Å². The summed E-state index contributed by atoms with van der Waals surface area (Å²) in [6.45, 7) is 1.96. The number of rotatable bonds is 2. The molecular formula is C17H21Br2N5O2. The van der Waals surface area contributed by atoms with E-state index in [0.29, 0.717) is 14.5 Å². The molecule has 0 unspecified atom stereocenters. The largest absolute Gasteiger partial charge is 0.465 e. The van der Waals surface area contributed by atoms with Crippen LogP contribution in [0.15, 0.2) is 25.0 Å². The van der Waals surface area contributed by atoms with Crippen LogP contribution in [0.1, 0.15) is 48.0 Å². The van der Waals surface area contributed by atoms with E-state index in [1.807, 2.05) is 17.9 Å². The van der Waals surface area contributed by atoms with Crippen molar-refractivity contribution in [2.24, 2.45) is 21.5 Å². The van der Waals surface area contributed by atoms with Gasteiger partial charge in [0.2, 0.25) is 11.9 Å². The number of aryl methyl sites for hydroxylation is 1. The molecule has 1 spiro atoms. The van der Waals surface area contributed by atoms with Gasteiger partial charge in [-0.3, -0.25) is 4.90 Å². The summed E-state index contributed by atoms with van der Waals surface area (Å²) in [5, 5.41) is 0. The summed E-state index contributed by atoms with van der Waals surface area (Å²) in [5.41, 5.74) is 13.7. The van der Waals surface area contributed by atoms with Gasteiger partial charge in [0.05, 0.1) is 22.8 Å². The van der Waals surface area contributed by atoms with Crippen LogP contribution in [0.3, 0.4) is 0 Å². The smallest absolute Gasteiger partial charge is 0.340 e. The molecule has 140 valence electrons. The summed E-state index contributed by atoms with van der Waals surface area (Å²) >= 11 is 7.04. The fourth-order valence-corrected chi connectivity index (χ4v) is 5.57. The van der Waals surface area contributed by atoms with E-state index in [9.17, 15) is 4.79 Å². The number of anilines is 1. The van der Waals surface area contributed by atoms with Crippen molar-refractivity contribution in [2.75, 3.05) is 12.0 Å². The van der Waals surface area contributed by atoms with Crippen molar-refractivity contribution < 1.29 is 9.53 Å². The molecule has 0 atom stereocenters. The standard InChI is InChI=1S/C17H21Br2N5O2/c1-9-8-10(18)11(14(25)26-2)12(19)13(9)24-16(21)22-15(20)23-17(24)6-4-3-5-7-17/h8H,3-7H2,1-2H3,(H4,20,21,22,23). The first-order valence-corrected chi connectivity index (χ1v) is 9.96. The Morgan fingerprint density at radius 1 is 1.27 bits per heavy atom. The Bertz CT molecular complexity index is 816. The van der Waals surface area contributed by atoms with Crippen LogP contribution >= 0.6 is 31.9 Å². The summed E-state index contributed by atoms with van der Waals surface area (Å²) in [6.07, 6.45) is 4.84. The Kier molecular flexibility index (Phi) is 5.30. The van der Waals surface area contributed by atoms with Gasteiger partial charge in [0.25, 0.3) is 0 Å². The number of halogens is 2. The Morgan fingerprint density at radius 3 is 2.54 bits per heavy atom. The fraction of sp³-hybridized carbons (Fsp3) is 0.471. The van der Waals surface area contributed by atoms with E-state index in [2.05, 4.69) is 41.8 Å². The van der Waals surface area contributed by atoms with E-state index < -0.39 is 11.6 Å². The van der Waals surface area contributed by atoms with Gasteiger partial charge < -0.3 is 16.2 Å². The second-order valence-corrected chi connectivity index (χ2v) is 8.17. The Hall–Kier alpha value is -1.61. The summed E-state index contributed by atoms with van der Waals surface area (Å²) in [6, 6.07) is 1.87. The van der Waals surface area contributed by atoms with Gasteiger partial charge in [-0.25, -0.2) is 9.79 Å². The molecule has 1 heterocycles. The lowest BCUT2D eigenvalue weighted by atomic mass is 9.87. The monoisotopic (exact) mass is 485 g/mol.